The molecule has 70 valence electrons. The number of fused-ring (bicyclic) bond motifs is 3. The monoisotopic (exact) mass is 188 g/mol. The number of benzene rings is 1. The van der Waals surface area contributed by atoms with E-state index in [9.17, 15) is 4.79 Å². The van der Waals surface area contributed by atoms with E-state index in [1.54, 1.807) is 6.92 Å². The number of hydrogen-bond acceptors (Lipinski definition) is 3. The van der Waals surface area contributed by atoms with Crippen LogP contribution in [-0.2, 0) is 9.53 Å². The number of para-hydroxylation sites is 1. The van der Waals surface area contributed by atoms with Crippen LogP contribution in [0.1, 0.15) is 12.5 Å². The van der Waals surface area contributed by atoms with Gasteiger partial charge in [-0.25, -0.2) is 4.79 Å². The molecule has 2 aliphatic rings. The molecular formula is C11H8O3. The number of hydrogen-bond donors (Lipinski definition) is 0. The molecule has 0 aliphatic carbocycles. The van der Waals surface area contributed by atoms with Crippen LogP contribution in [0.5, 0.6) is 5.75 Å². The van der Waals surface area contributed by atoms with Crippen molar-refractivity contribution in [3.8, 4) is 5.75 Å². The number of esters is 1. The second-order valence-corrected chi connectivity index (χ2v) is 3.39. The first-order valence-electron chi connectivity index (χ1n) is 4.45. The topological polar surface area (TPSA) is 35.5 Å². The van der Waals surface area contributed by atoms with E-state index >= 15 is 0 Å². The second kappa shape index (κ2) is 2.38. The van der Waals surface area contributed by atoms with E-state index in [1.165, 1.54) is 0 Å². The van der Waals surface area contributed by atoms with Crippen molar-refractivity contribution in [2.45, 2.75) is 13.2 Å². The van der Waals surface area contributed by atoms with E-state index in [2.05, 4.69) is 0 Å². The minimum Gasteiger partial charge on any atom is -0.450 e. The van der Waals surface area contributed by atoms with Crippen LogP contribution in [0.3, 0.4) is 0 Å². The molecule has 1 unspecified atom stereocenters. The third-order valence-electron chi connectivity index (χ3n) is 2.57. The Morgan fingerprint density at radius 1 is 1.21 bits per heavy atom. The lowest BCUT2D eigenvalue weighted by Gasteiger charge is -2.05. The molecule has 0 bridgehead atoms. The van der Waals surface area contributed by atoms with Crippen molar-refractivity contribution in [2.24, 2.45) is 0 Å². The molecule has 3 nitrogen and oxygen atoms in total. The van der Waals surface area contributed by atoms with E-state index in [4.69, 9.17) is 9.47 Å². The zero-order chi connectivity index (χ0) is 9.71. The minimum absolute atomic E-state index is 0.278. The molecule has 1 aromatic carbocycles. The van der Waals surface area contributed by atoms with Gasteiger partial charge in [0.1, 0.15) is 5.75 Å². The first kappa shape index (κ1) is 7.62. The van der Waals surface area contributed by atoms with Crippen LogP contribution in [0.15, 0.2) is 29.8 Å². The van der Waals surface area contributed by atoms with Gasteiger partial charge in [-0.15, -0.1) is 0 Å². The zero-order valence-corrected chi connectivity index (χ0v) is 7.61. The molecule has 1 atom stereocenters. The van der Waals surface area contributed by atoms with Crippen LogP contribution in [0.4, 0.5) is 0 Å². The van der Waals surface area contributed by atoms with Gasteiger partial charge in [0.25, 0.3) is 6.29 Å². The fourth-order valence-corrected chi connectivity index (χ4v) is 1.85. The lowest BCUT2D eigenvalue weighted by molar-refractivity contribution is -0.147. The number of carbonyl (C=O) groups excluding carboxylic acids is 1. The van der Waals surface area contributed by atoms with Crippen LogP contribution < -0.4 is 4.74 Å². The molecule has 0 radical (unpaired) electrons. The SMILES string of the molecule is CC1=C2c3ccccc3OC2OC1=O. The van der Waals surface area contributed by atoms with Crippen LogP contribution in [-0.4, -0.2) is 12.3 Å². The molecular weight excluding hydrogens is 180 g/mol. The molecule has 0 saturated heterocycles. The molecule has 2 aliphatic heterocycles. The van der Waals surface area contributed by atoms with Crippen molar-refractivity contribution in [1.82, 2.24) is 0 Å². The molecule has 0 spiro atoms. The Hall–Kier alpha value is -1.77. The summed E-state index contributed by atoms with van der Waals surface area (Å²) in [6.45, 7) is 1.77. The highest BCUT2D eigenvalue weighted by atomic mass is 16.7. The van der Waals surface area contributed by atoms with Crippen molar-refractivity contribution < 1.29 is 14.3 Å². The molecule has 1 aromatic rings. The van der Waals surface area contributed by atoms with Gasteiger partial charge in [-0.3, -0.25) is 0 Å². The Balaban J connectivity index is 2.25. The molecule has 0 amide bonds. The summed E-state index contributed by atoms with van der Waals surface area (Å²) in [5, 5.41) is 0. The van der Waals surface area contributed by atoms with Crippen LogP contribution in [0.25, 0.3) is 5.57 Å². The third kappa shape index (κ3) is 0.789. The predicted octanol–water partition coefficient (Wildman–Crippen LogP) is 1.74. The summed E-state index contributed by atoms with van der Waals surface area (Å²) in [4.78, 5) is 11.2. The predicted molar refractivity (Wildman–Crippen MR) is 49.5 cm³/mol. The summed E-state index contributed by atoms with van der Waals surface area (Å²) < 4.78 is 10.5. The Labute approximate surface area is 80.9 Å². The second-order valence-electron chi connectivity index (χ2n) is 3.39. The van der Waals surface area contributed by atoms with Gasteiger partial charge in [-0.2, -0.15) is 0 Å². The molecule has 0 aromatic heterocycles. The van der Waals surface area contributed by atoms with Gasteiger partial charge in [0.05, 0.1) is 5.57 Å². The van der Waals surface area contributed by atoms with Crippen LogP contribution >= 0.6 is 0 Å². The molecule has 14 heavy (non-hydrogen) atoms. The van der Waals surface area contributed by atoms with E-state index < -0.39 is 6.29 Å². The first-order valence-corrected chi connectivity index (χ1v) is 4.45. The fourth-order valence-electron chi connectivity index (χ4n) is 1.85. The average molecular weight is 188 g/mol. The summed E-state index contributed by atoms with van der Waals surface area (Å²) in [5.41, 5.74) is 2.51. The summed E-state index contributed by atoms with van der Waals surface area (Å²) in [6.07, 6.45) is -0.514. The van der Waals surface area contributed by atoms with Crippen LogP contribution in [0.2, 0.25) is 0 Å². The van der Waals surface area contributed by atoms with Gasteiger partial charge in [0.2, 0.25) is 0 Å². The van der Waals surface area contributed by atoms with E-state index in [0.717, 1.165) is 16.9 Å². The van der Waals surface area contributed by atoms with Gasteiger partial charge < -0.3 is 9.47 Å². The van der Waals surface area contributed by atoms with Crippen LogP contribution in [0, 0.1) is 0 Å². The number of ether oxygens (including phenoxy) is 2. The maximum atomic E-state index is 11.2. The number of rotatable bonds is 0. The molecule has 2 heterocycles. The van der Waals surface area contributed by atoms with Crippen molar-refractivity contribution in [1.29, 1.82) is 0 Å². The van der Waals surface area contributed by atoms with Gasteiger partial charge in [0, 0.05) is 11.1 Å². The highest BCUT2D eigenvalue weighted by Gasteiger charge is 2.40. The van der Waals surface area contributed by atoms with E-state index in [0.29, 0.717) is 5.57 Å². The average Bonchev–Trinajstić information content (AvgIpc) is 2.65. The maximum Gasteiger partial charge on any atom is 0.337 e. The quantitative estimate of drug-likeness (QED) is 0.582. The third-order valence-corrected chi connectivity index (χ3v) is 2.57. The normalized spacial score (nSPS) is 22.9. The molecule has 0 N–H and O–H groups in total. The largest absolute Gasteiger partial charge is 0.450 e. The summed E-state index contributed by atoms with van der Waals surface area (Å²) in [7, 11) is 0. The Bertz CT molecular complexity index is 459. The lowest BCUT2D eigenvalue weighted by Crippen LogP contribution is -2.13. The van der Waals surface area contributed by atoms with Gasteiger partial charge in [-0.05, 0) is 13.0 Å². The Morgan fingerprint density at radius 2 is 2.00 bits per heavy atom. The lowest BCUT2D eigenvalue weighted by atomic mass is 10.0. The fraction of sp³-hybridized carbons (Fsp3) is 0.182. The van der Waals surface area contributed by atoms with E-state index in [-0.39, 0.29) is 5.97 Å². The van der Waals surface area contributed by atoms with Crippen molar-refractivity contribution in [3.05, 3.63) is 35.4 Å². The number of carbonyl (C=O) groups is 1. The van der Waals surface area contributed by atoms with Gasteiger partial charge in [0.15, 0.2) is 0 Å². The van der Waals surface area contributed by atoms with Crippen molar-refractivity contribution >= 4 is 11.5 Å². The maximum absolute atomic E-state index is 11.2. The highest BCUT2D eigenvalue weighted by molar-refractivity contribution is 6.03. The molecule has 3 heteroatoms. The smallest absolute Gasteiger partial charge is 0.337 e. The highest BCUT2D eigenvalue weighted by Crippen LogP contribution is 2.43. The molecule has 0 fully saturated rings. The standard InChI is InChI=1S/C11H8O3/c1-6-9-7-4-2-3-5-8(7)13-11(9)14-10(6)12/h2-5,11H,1H3. The Kier molecular flexibility index (Phi) is 1.29. The van der Waals surface area contributed by atoms with Gasteiger partial charge >= 0.3 is 5.97 Å². The summed E-state index contributed by atoms with van der Waals surface area (Å²) >= 11 is 0. The van der Waals surface area contributed by atoms with Crippen molar-refractivity contribution in [2.75, 3.05) is 0 Å². The molecule has 3 rings (SSSR count). The Morgan fingerprint density at radius 3 is 2.86 bits per heavy atom. The van der Waals surface area contributed by atoms with Crippen molar-refractivity contribution in [3.63, 3.8) is 0 Å². The van der Waals surface area contributed by atoms with Gasteiger partial charge in [-0.1, -0.05) is 18.2 Å². The molecule has 0 saturated carbocycles. The zero-order valence-electron chi connectivity index (χ0n) is 7.61. The summed E-state index contributed by atoms with van der Waals surface area (Å²) in [5.74, 6) is 0.513. The summed E-state index contributed by atoms with van der Waals surface area (Å²) in [6, 6.07) is 7.64. The van der Waals surface area contributed by atoms with E-state index in [1.807, 2.05) is 24.3 Å². The minimum atomic E-state index is -0.514. The first-order chi connectivity index (χ1) is 6.77.